The summed E-state index contributed by atoms with van der Waals surface area (Å²) in [5.74, 6) is -0.282. The average Bonchev–Trinajstić information content (AvgIpc) is 2.85. The van der Waals surface area contributed by atoms with E-state index in [1.807, 2.05) is 30.3 Å². The Morgan fingerprint density at radius 3 is 2.57 bits per heavy atom. The van der Waals surface area contributed by atoms with Gasteiger partial charge in [-0.1, -0.05) is 41.9 Å². The molecule has 0 aliphatic rings. The zero-order valence-corrected chi connectivity index (χ0v) is 15.0. The van der Waals surface area contributed by atoms with Crippen molar-refractivity contribution < 1.29 is 14.7 Å². The third-order valence-corrected chi connectivity index (χ3v) is 5.50. The maximum Gasteiger partial charge on any atom is 0.404 e. The van der Waals surface area contributed by atoms with Crippen molar-refractivity contribution in [3.8, 4) is 0 Å². The van der Waals surface area contributed by atoms with Gasteiger partial charge in [-0.15, -0.1) is 11.3 Å². The van der Waals surface area contributed by atoms with Gasteiger partial charge in [-0.3, -0.25) is 4.79 Å². The Morgan fingerprint density at radius 2 is 2.00 bits per heavy atom. The van der Waals surface area contributed by atoms with E-state index in [0.29, 0.717) is 20.1 Å². The topological polar surface area (TPSA) is 78.4 Å². The van der Waals surface area contributed by atoms with Crippen molar-refractivity contribution in [3.05, 3.63) is 55.6 Å². The number of carboxylic acid groups (broad SMARTS) is 1. The molecule has 0 radical (unpaired) electrons. The second-order valence-corrected chi connectivity index (χ2v) is 7.29. The second-order valence-electron chi connectivity index (χ2n) is 4.78. The average molecular weight is 418 g/mol. The Morgan fingerprint density at radius 1 is 1.30 bits per heavy atom. The first-order valence-electron chi connectivity index (χ1n) is 6.72. The molecule has 3 N–H and O–H groups in total. The third kappa shape index (κ3) is 5.53. The minimum atomic E-state index is -1.13. The van der Waals surface area contributed by atoms with Crippen molar-refractivity contribution in [1.82, 2.24) is 10.6 Å². The lowest BCUT2D eigenvalue weighted by atomic mass is 10.1. The number of amides is 2. The standard InChI is InChI=1S/C15H14BrClN2O3S/c16-11-7-12(23-13(11)17)14(20)19-10(8-18-15(21)22)6-9-4-2-1-3-5-9/h1-5,7,10,18H,6,8H2,(H,19,20)(H,21,22)/t10-/m0/s1. The van der Waals surface area contributed by atoms with Gasteiger partial charge in [-0.2, -0.15) is 0 Å². The van der Waals surface area contributed by atoms with Gasteiger partial charge in [-0.25, -0.2) is 4.79 Å². The van der Waals surface area contributed by atoms with Gasteiger partial charge >= 0.3 is 6.09 Å². The Balaban J connectivity index is 2.06. The van der Waals surface area contributed by atoms with Crippen LogP contribution in [0.2, 0.25) is 4.34 Å². The van der Waals surface area contributed by atoms with Crippen molar-refractivity contribution in [2.75, 3.05) is 6.54 Å². The number of thiophene rings is 1. The maximum atomic E-state index is 12.3. The highest BCUT2D eigenvalue weighted by Crippen LogP contribution is 2.31. The van der Waals surface area contributed by atoms with E-state index in [2.05, 4.69) is 26.6 Å². The summed E-state index contributed by atoms with van der Waals surface area (Å²) in [7, 11) is 0. The van der Waals surface area contributed by atoms with Crippen LogP contribution in [0.4, 0.5) is 4.79 Å². The summed E-state index contributed by atoms with van der Waals surface area (Å²) in [6, 6.07) is 10.8. The molecule has 0 saturated heterocycles. The highest BCUT2D eigenvalue weighted by atomic mass is 79.9. The van der Waals surface area contributed by atoms with Crippen LogP contribution in [0.25, 0.3) is 0 Å². The molecule has 2 amide bonds. The first-order valence-corrected chi connectivity index (χ1v) is 8.71. The van der Waals surface area contributed by atoms with Crippen LogP contribution in [0.3, 0.4) is 0 Å². The summed E-state index contributed by atoms with van der Waals surface area (Å²) >= 11 is 10.4. The summed E-state index contributed by atoms with van der Waals surface area (Å²) in [6.45, 7) is 0.121. The van der Waals surface area contributed by atoms with Crippen LogP contribution in [0.15, 0.2) is 40.9 Å². The van der Waals surface area contributed by atoms with Gasteiger partial charge in [0.2, 0.25) is 0 Å². The Bertz CT molecular complexity index is 674. The van der Waals surface area contributed by atoms with E-state index in [9.17, 15) is 9.59 Å². The predicted octanol–water partition coefficient (Wildman–Crippen LogP) is 3.77. The van der Waals surface area contributed by atoms with Gasteiger partial charge in [0.1, 0.15) is 4.34 Å². The Labute approximate surface area is 150 Å². The molecule has 122 valence electrons. The molecule has 0 unspecified atom stereocenters. The zero-order valence-electron chi connectivity index (χ0n) is 11.9. The summed E-state index contributed by atoms with van der Waals surface area (Å²) in [5.41, 5.74) is 1.01. The number of hydrogen-bond donors (Lipinski definition) is 3. The molecule has 0 fully saturated rings. The molecule has 2 rings (SSSR count). The predicted molar refractivity (Wildman–Crippen MR) is 94.5 cm³/mol. The van der Waals surface area contributed by atoms with Crippen molar-refractivity contribution in [2.45, 2.75) is 12.5 Å². The molecule has 8 heteroatoms. The van der Waals surface area contributed by atoms with Crippen molar-refractivity contribution in [3.63, 3.8) is 0 Å². The van der Waals surface area contributed by atoms with E-state index in [1.165, 1.54) is 0 Å². The van der Waals surface area contributed by atoms with Gasteiger partial charge in [0, 0.05) is 11.0 Å². The van der Waals surface area contributed by atoms with E-state index >= 15 is 0 Å². The highest BCUT2D eigenvalue weighted by molar-refractivity contribution is 9.10. The lowest BCUT2D eigenvalue weighted by Crippen LogP contribution is -2.44. The van der Waals surface area contributed by atoms with Crippen molar-refractivity contribution >= 4 is 50.9 Å². The van der Waals surface area contributed by atoms with E-state index in [0.717, 1.165) is 16.9 Å². The van der Waals surface area contributed by atoms with Crippen LogP contribution in [-0.4, -0.2) is 29.7 Å². The number of halogens is 2. The summed E-state index contributed by atoms with van der Waals surface area (Å²) in [4.78, 5) is 23.5. The van der Waals surface area contributed by atoms with Gasteiger partial charge in [-0.05, 0) is 34.0 Å². The minimum Gasteiger partial charge on any atom is -0.465 e. The SMILES string of the molecule is O=C(O)NC[C@H](Cc1ccccc1)NC(=O)c1cc(Br)c(Cl)s1. The first kappa shape index (κ1) is 17.8. The molecule has 5 nitrogen and oxygen atoms in total. The molecular formula is C15H14BrClN2O3S. The Kier molecular flexibility index (Phi) is 6.44. The molecule has 2 aromatic rings. The molecule has 1 aromatic carbocycles. The molecule has 1 atom stereocenters. The van der Waals surface area contributed by atoms with Crippen LogP contribution in [0, 0.1) is 0 Å². The van der Waals surface area contributed by atoms with Crippen molar-refractivity contribution in [1.29, 1.82) is 0 Å². The fourth-order valence-corrected chi connectivity index (χ4v) is 3.60. The van der Waals surface area contributed by atoms with Crippen LogP contribution in [0.1, 0.15) is 15.2 Å². The molecule has 0 bridgehead atoms. The number of hydrogen-bond acceptors (Lipinski definition) is 3. The number of benzene rings is 1. The van der Waals surface area contributed by atoms with E-state index in [4.69, 9.17) is 16.7 Å². The maximum absolute atomic E-state index is 12.3. The lowest BCUT2D eigenvalue weighted by molar-refractivity contribution is 0.0939. The number of nitrogens with one attached hydrogen (secondary N) is 2. The summed E-state index contributed by atoms with van der Waals surface area (Å²) < 4.78 is 1.16. The quantitative estimate of drug-likeness (QED) is 0.669. The monoisotopic (exact) mass is 416 g/mol. The minimum absolute atomic E-state index is 0.121. The van der Waals surface area contributed by atoms with E-state index in [-0.39, 0.29) is 18.5 Å². The van der Waals surface area contributed by atoms with Gasteiger partial charge in [0.05, 0.1) is 10.9 Å². The highest BCUT2D eigenvalue weighted by Gasteiger charge is 2.18. The van der Waals surface area contributed by atoms with Crippen LogP contribution >= 0.6 is 38.9 Å². The number of carbonyl (C=O) groups is 2. The Hall–Kier alpha value is -1.57. The smallest absolute Gasteiger partial charge is 0.404 e. The molecule has 0 aliphatic carbocycles. The summed E-state index contributed by atoms with van der Waals surface area (Å²) in [5, 5.41) is 13.9. The lowest BCUT2D eigenvalue weighted by Gasteiger charge is -2.18. The largest absolute Gasteiger partial charge is 0.465 e. The van der Waals surface area contributed by atoms with E-state index in [1.54, 1.807) is 6.07 Å². The van der Waals surface area contributed by atoms with E-state index < -0.39 is 6.09 Å². The molecule has 0 saturated carbocycles. The van der Waals surface area contributed by atoms with Crippen molar-refractivity contribution in [2.24, 2.45) is 0 Å². The molecule has 1 heterocycles. The first-order chi connectivity index (χ1) is 11.0. The fraction of sp³-hybridized carbons (Fsp3) is 0.200. The zero-order chi connectivity index (χ0) is 16.8. The molecular weight excluding hydrogens is 404 g/mol. The van der Waals surface area contributed by atoms with Gasteiger partial charge in [0.15, 0.2) is 0 Å². The fourth-order valence-electron chi connectivity index (χ4n) is 2.00. The normalized spacial score (nSPS) is 11.7. The number of rotatable bonds is 6. The van der Waals surface area contributed by atoms with Gasteiger partial charge < -0.3 is 15.7 Å². The van der Waals surface area contributed by atoms with Crippen LogP contribution in [0.5, 0.6) is 0 Å². The van der Waals surface area contributed by atoms with Gasteiger partial charge in [0.25, 0.3) is 5.91 Å². The molecule has 0 aliphatic heterocycles. The molecule has 23 heavy (non-hydrogen) atoms. The second kappa shape index (κ2) is 8.33. The van der Waals surface area contributed by atoms with Crippen LogP contribution < -0.4 is 10.6 Å². The molecule has 0 spiro atoms. The van der Waals surface area contributed by atoms with Crippen LogP contribution in [-0.2, 0) is 6.42 Å². The molecule has 1 aromatic heterocycles. The number of carbonyl (C=O) groups excluding carboxylic acids is 1. The third-order valence-electron chi connectivity index (χ3n) is 3.03. The summed E-state index contributed by atoms with van der Waals surface area (Å²) in [6.07, 6.45) is -0.605.